The standard InChI is InChI=1S/C17H20N2O6/c1-4-6-15(20)25-10-13-16(17(21)23-3)19(22)14-9-11(24-5-2)7-8-12(14)18-13/h7-9H,4-6,10H2,1-3H3. The summed E-state index contributed by atoms with van der Waals surface area (Å²) in [5.41, 5.74) is 0.249. The van der Waals surface area contributed by atoms with Gasteiger partial charge in [-0.15, -0.1) is 0 Å². The lowest BCUT2D eigenvalue weighted by Gasteiger charge is -2.11. The summed E-state index contributed by atoms with van der Waals surface area (Å²) in [5.74, 6) is -0.795. The van der Waals surface area contributed by atoms with Crippen LogP contribution in [0.1, 0.15) is 42.9 Å². The van der Waals surface area contributed by atoms with Gasteiger partial charge >= 0.3 is 17.6 Å². The molecule has 25 heavy (non-hydrogen) atoms. The summed E-state index contributed by atoms with van der Waals surface area (Å²) < 4.78 is 15.5. The predicted molar refractivity (Wildman–Crippen MR) is 87.9 cm³/mol. The number of hydrogen-bond donors (Lipinski definition) is 0. The zero-order valence-electron chi connectivity index (χ0n) is 14.4. The number of fused-ring (bicyclic) bond motifs is 1. The molecule has 0 atom stereocenters. The fourth-order valence-corrected chi connectivity index (χ4v) is 2.28. The van der Waals surface area contributed by atoms with Crippen LogP contribution in [-0.4, -0.2) is 30.6 Å². The van der Waals surface area contributed by atoms with Crippen molar-refractivity contribution < 1.29 is 28.5 Å². The summed E-state index contributed by atoms with van der Waals surface area (Å²) in [6.45, 7) is 3.82. The number of rotatable bonds is 7. The van der Waals surface area contributed by atoms with Crippen molar-refractivity contribution in [2.24, 2.45) is 0 Å². The maximum absolute atomic E-state index is 12.7. The lowest BCUT2D eigenvalue weighted by Crippen LogP contribution is -2.38. The van der Waals surface area contributed by atoms with Gasteiger partial charge < -0.3 is 19.4 Å². The van der Waals surface area contributed by atoms with Crippen LogP contribution in [0.2, 0.25) is 0 Å². The van der Waals surface area contributed by atoms with Gasteiger partial charge in [0.05, 0.1) is 19.8 Å². The van der Waals surface area contributed by atoms with E-state index in [1.165, 1.54) is 6.07 Å². The zero-order valence-corrected chi connectivity index (χ0v) is 14.4. The Morgan fingerprint density at radius 1 is 1.28 bits per heavy atom. The Bertz CT molecular complexity index is 790. The fraction of sp³-hybridized carbons (Fsp3) is 0.412. The van der Waals surface area contributed by atoms with Crippen LogP contribution in [0.15, 0.2) is 18.2 Å². The molecule has 2 rings (SSSR count). The first-order chi connectivity index (χ1) is 12.0. The molecule has 1 heterocycles. The number of ether oxygens (including phenoxy) is 3. The third-order valence-electron chi connectivity index (χ3n) is 3.41. The van der Waals surface area contributed by atoms with Gasteiger partial charge in [0, 0.05) is 6.42 Å². The maximum atomic E-state index is 12.7. The molecule has 0 N–H and O–H groups in total. The molecule has 0 saturated heterocycles. The lowest BCUT2D eigenvalue weighted by atomic mass is 10.2. The number of esters is 2. The number of aromatic nitrogens is 2. The number of benzene rings is 1. The van der Waals surface area contributed by atoms with E-state index in [1.54, 1.807) is 12.1 Å². The van der Waals surface area contributed by atoms with Crippen molar-refractivity contribution in [3.05, 3.63) is 34.8 Å². The Morgan fingerprint density at radius 3 is 2.68 bits per heavy atom. The average molecular weight is 348 g/mol. The predicted octanol–water partition coefficient (Wildman–Crippen LogP) is 1.90. The summed E-state index contributed by atoms with van der Waals surface area (Å²) in [7, 11) is 1.16. The molecule has 0 amide bonds. The van der Waals surface area contributed by atoms with Gasteiger partial charge in [-0.25, -0.2) is 9.78 Å². The first-order valence-corrected chi connectivity index (χ1v) is 7.94. The van der Waals surface area contributed by atoms with Crippen molar-refractivity contribution in [1.82, 2.24) is 4.98 Å². The van der Waals surface area contributed by atoms with Crippen LogP contribution < -0.4 is 9.47 Å². The highest BCUT2D eigenvalue weighted by atomic mass is 16.5. The minimum absolute atomic E-state index is 0.0444. The molecule has 0 aliphatic rings. The van der Waals surface area contributed by atoms with Gasteiger partial charge in [0.2, 0.25) is 5.52 Å². The maximum Gasteiger partial charge on any atom is 0.406 e. The topological polar surface area (TPSA) is 102 Å². The van der Waals surface area contributed by atoms with E-state index in [4.69, 9.17) is 9.47 Å². The minimum atomic E-state index is -0.854. The number of nitrogens with zero attached hydrogens (tertiary/aromatic N) is 2. The highest BCUT2D eigenvalue weighted by Gasteiger charge is 2.28. The summed E-state index contributed by atoms with van der Waals surface area (Å²) in [6.07, 6.45) is 0.881. The van der Waals surface area contributed by atoms with Crippen molar-refractivity contribution in [1.29, 1.82) is 0 Å². The van der Waals surface area contributed by atoms with E-state index in [-0.39, 0.29) is 29.9 Å². The van der Waals surface area contributed by atoms with Gasteiger partial charge in [-0.2, -0.15) is 4.73 Å². The van der Waals surface area contributed by atoms with E-state index >= 15 is 0 Å². The normalized spacial score (nSPS) is 10.5. The summed E-state index contributed by atoms with van der Waals surface area (Å²) in [5, 5.41) is 12.7. The average Bonchev–Trinajstić information content (AvgIpc) is 2.60. The van der Waals surface area contributed by atoms with Crippen LogP contribution in [0.4, 0.5) is 0 Å². The number of carbonyl (C=O) groups is 2. The molecule has 2 aromatic rings. The Kier molecular flexibility index (Phi) is 6.10. The minimum Gasteiger partial charge on any atom is -0.618 e. The number of carbonyl (C=O) groups excluding carboxylic acids is 2. The Labute approximate surface area is 144 Å². The summed E-state index contributed by atoms with van der Waals surface area (Å²) in [6, 6.07) is 4.77. The second kappa shape index (κ2) is 8.27. The van der Waals surface area contributed by atoms with E-state index < -0.39 is 11.9 Å². The molecule has 0 aliphatic heterocycles. The number of hydrogen-bond acceptors (Lipinski definition) is 7. The second-order valence-electron chi connectivity index (χ2n) is 5.19. The van der Waals surface area contributed by atoms with E-state index in [2.05, 4.69) is 9.72 Å². The molecular weight excluding hydrogens is 328 g/mol. The van der Waals surface area contributed by atoms with E-state index in [1.807, 2.05) is 13.8 Å². The van der Waals surface area contributed by atoms with Gasteiger partial charge in [0.15, 0.2) is 5.69 Å². The Balaban J connectivity index is 2.50. The van der Waals surface area contributed by atoms with Gasteiger partial charge in [-0.3, -0.25) is 4.79 Å². The number of methoxy groups -OCH3 is 1. The molecule has 0 spiro atoms. The SMILES string of the molecule is CCCC(=O)OCc1nc2ccc(OCC)cc2[n+]([O-])c1C(=O)OC. The lowest BCUT2D eigenvalue weighted by molar-refractivity contribution is -0.581. The Morgan fingerprint density at radius 2 is 2.04 bits per heavy atom. The van der Waals surface area contributed by atoms with Crippen LogP contribution in [0.3, 0.4) is 0 Å². The second-order valence-corrected chi connectivity index (χ2v) is 5.19. The molecule has 0 fully saturated rings. The van der Waals surface area contributed by atoms with Gasteiger partial charge in [-0.05, 0) is 25.5 Å². The van der Waals surface area contributed by atoms with Crippen molar-refractivity contribution in [2.45, 2.75) is 33.3 Å². The molecule has 8 heteroatoms. The molecule has 1 aromatic carbocycles. The fourth-order valence-electron chi connectivity index (χ4n) is 2.28. The van der Waals surface area contributed by atoms with E-state index in [0.717, 1.165) is 7.11 Å². The molecule has 0 unspecified atom stereocenters. The van der Waals surface area contributed by atoms with Crippen molar-refractivity contribution >= 4 is 23.0 Å². The summed E-state index contributed by atoms with van der Waals surface area (Å²) >= 11 is 0. The van der Waals surface area contributed by atoms with E-state index in [9.17, 15) is 14.8 Å². The van der Waals surface area contributed by atoms with Crippen LogP contribution in [0.25, 0.3) is 11.0 Å². The Hall–Kier alpha value is -2.90. The molecule has 0 aliphatic carbocycles. The largest absolute Gasteiger partial charge is 0.618 e. The monoisotopic (exact) mass is 348 g/mol. The third-order valence-corrected chi connectivity index (χ3v) is 3.41. The molecule has 0 radical (unpaired) electrons. The van der Waals surface area contributed by atoms with Gasteiger partial charge in [0.25, 0.3) is 0 Å². The molecule has 0 bridgehead atoms. The van der Waals surface area contributed by atoms with Crippen molar-refractivity contribution in [3.63, 3.8) is 0 Å². The van der Waals surface area contributed by atoms with Gasteiger partial charge in [-0.1, -0.05) is 6.92 Å². The van der Waals surface area contributed by atoms with Crippen LogP contribution in [0.5, 0.6) is 5.75 Å². The molecule has 134 valence electrons. The van der Waals surface area contributed by atoms with Crippen molar-refractivity contribution in [2.75, 3.05) is 13.7 Å². The first-order valence-electron chi connectivity index (χ1n) is 7.94. The van der Waals surface area contributed by atoms with Crippen LogP contribution in [-0.2, 0) is 20.9 Å². The van der Waals surface area contributed by atoms with Crippen LogP contribution >= 0.6 is 0 Å². The smallest absolute Gasteiger partial charge is 0.406 e. The molecule has 0 saturated carbocycles. The third kappa shape index (κ3) is 4.14. The van der Waals surface area contributed by atoms with E-state index in [0.29, 0.717) is 29.0 Å². The molecule has 8 nitrogen and oxygen atoms in total. The van der Waals surface area contributed by atoms with Crippen LogP contribution in [0, 0.1) is 5.21 Å². The molecule has 1 aromatic heterocycles. The first kappa shape index (κ1) is 18.4. The summed E-state index contributed by atoms with van der Waals surface area (Å²) in [4.78, 5) is 27.9. The zero-order chi connectivity index (χ0) is 18.4. The highest BCUT2D eigenvalue weighted by Crippen LogP contribution is 2.19. The van der Waals surface area contributed by atoms with Gasteiger partial charge in [0.1, 0.15) is 17.9 Å². The molecular formula is C17H20N2O6. The quantitative estimate of drug-likeness (QED) is 0.428. The highest BCUT2D eigenvalue weighted by molar-refractivity contribution is 5.88. The van der Waals surface area contributed by atoms with Crippen molar-refractivity contribution in [3.8, 4) is 5.75 Å².